The Morgan fingerprint density at radius 1 is 1.04 bits per heavy atom. The molecule has 0 amide bonds. The fourth-order valence-corrected chi connectivity index (χ4v) is 3.77. The number of aryl methyl sites for hydroxylation is 3. The maximum absolute atomic E-state index is 7.63. The van der Waals surface area contributed by atoms with Crippen LogP contribution in [0, 0.1) is 13.8 Å². The Balaban J connectivity index is 1.95. The lowest BCUT2D eigenvalue weighted by atomic mass is 9.94. The summed E-state index contributed by atoms with van der Waals surface area (Å²) in [6.45, 7) is -0.206. The quantitative estimate of drug-likeness (QED) is 0.417. The molecule has 0 saturated heterocycles. The summed E-state index contributed by atoms with van der Waals surface area (Å²) < 4.78 is 30.9. The molecule has 4 heteroatoms. The van der Waals surface area contributed by atoms with Gasteiger partial charge in [0.05, 0.1) is 11.8 Å². The molecule has 3 aromatic heterocycles. The number of rotatable bonds is 1. The van der Waals surface area contributed by atoms with Gasteiger partial charge in [-0.05, 0) is 42.2 Å². The number of aromatic nitrogens is 3. The largest absolute Gasteiger partial charge is 0.437 e. The van der Waals surface area contributed by atoms with Gasteiger partial charge in [-0.3, -0.25) is 0 Å². The first-order valence-electron chi connectivity index (χ1n) is 9.91. The lowest BCUT2D eigenvalue weighted by Crippen LogP contribution is -2.31. The predicted octanol–water partition coefficient (Wildman–Crippen LogP) is 4.64. The monoisotopic (exact) mass is 343 g/mol. The van der Waals surface area contributed by atoms with E-state index in [1.54, 1.807) is 23.2 Å². The topological polar surface area (TPSA) is 42.8 Å². The van der Waals surface area contributed by atoms with Crippen molar-refractivity contribution < 1.29 is 13.1 Å². The average molecular weight is 343 g/mol. The Morgan fingerprint density at radius 2 is 1.85 bits per heavy atom. The molecule has 0 N–H and O–H groups in total. The average Bonchev–Trinajstić information content (AvgIpc) is 3.07. The summed E-state index contributed by atoms with van der Waals surface area (Å²) in [5, 5.41) is 4.17. The molecule has 0 saturated carbocycles. The van der Waals surface area contributed by atoms with Crippen LogP contribution in [0.5, 0.6) is 0 Å². The molecule has 0 unspecified atom stereocenters. The van der Waals surface area contributed by atoms with E-state index >= 15 is 0 Å². The third-order valence-electron chi connectivity index (χ3n) is 4.95. The van der Waals surface area contributed by atoms with Crippen LogP contribution in [0.1, 0.15) is 15.4 Å². The number of hydrogen-bond donors (Lipinski definition) is 0. The van der Waals surface area contributed by atoms with Gasteiger partial charge in [0.1, 0.15) is 12.7 Å². The van der Waals surface area contributed by atoms with Gasteiger partial charge in [-0.1, -0.05) is 24.3 Å². The molecule has 0 aliphatic rings. The number of nitrogens with zero attached hydrogens (tertiary/aromatic N) is 3. The first-order valence-corrected chi connectivity index (χ1v) is 8.41. The SMILES string of the molecule is [2H]C([2H])([2H])c1c[n+](C)c(-c2c(C)c3ccccc3c3c2oc2ncccc23)cn1. The Bertz CT molecular complexity index is 1420. The van der Waals surface area contributed by atoms with E-state index in [2.05, 4.69) is 29.0 Å². The molecule has 5 rings (SSSR count). The predicted molar refractivity (Wildman–Crippen MR) is 103 cm³/mol. The van der Waals surface area contributed by atoms with Gasteiger partial charge < -0.3 is 4.42 Å². The van der Waals surface area contributed by atoms with E-state index in [9.17, 15) is 0 Å². The van der Waals surface area contributed by atoms with Crippen LogP contribution in [-0.2, 0) is 7.05 Å². The Labute approximate surface area is 155 Å². The summed E-state index contributed by atoms with van der Waals surface area (Å²) >= 11 is 0. The minimum atomic E-state index is -2.26. The van der Waals surface area contributed by atoms with E-state index in [1.807, 2.05) is 31.3 Å². The van der Waals surface area contributed by atoms with Crippen molar-refractivity contribution in [3.63, 3.8) is 0 Å². The molecule has 0 radical (unpaired) electrons. The molecule has 4 nitrogen and oxygen atoms in total. The van der Waals surface area contributed by atoms with Gasteiger partial charge in [-0.15, -0.1) is 0 Å². The molecule has 0 bridgehead atoms. The summed E-state index contributed by atoms with van der Waals surface area (Å²) in [4.78, 5) is 8.62. The van der Waals surface area contributed by atoms with Crippen molar-refractivity contribution in [1.82, 2.24) is 9.97 Å². The molecule has 0 fully saturated rings. The normalized spacial score (nSPS) is 13.8. The maximum Gasteiger partial charge on any atom is 0.234 e. The summed E-state index contributed by atoms with van der Waals surface area (Å²) in [5.74, 6) is 0. The van der Waals surface area contributed by atoms with Crippen LogP contribution in [-0.4, -0.2) is 9.97 Å². The van der Waals surface area contributed by atoms with Gasteiger partial charge in [0.2, 0.25) is 11.4 Å². The first-order chi connectivity index (χ1) is 13.9. The number of pyridine rings is 1. The molecular formula is C22H18N3O+. The zero-order valence-corrected chi connectivity index (χ0v) is 14.4. The molecule has 0 spiro atoms. The molecule has 2 aromatic carbocycles. The van der Waals surface area contributed by atoms with Crippen LogP contribution < -0.4 is 4.57 Å². The molecule has 5 aromatic rings. The fraction of sp³-hybridized carbons (Fsp3) is 0.136. The van der Waals surface area contributed by atoms with E-state index in [-0.39, 0.29) is 5.69 Å². The van der Waals surface area contributed by atoms with Crippen molar-refractivity contribution in [3.8, 4) is 11.3 Å². The van der Waals surface area contributed by atoms with Gasteiger partial charge in [-0.2, -0.15) is 4.57 Å². The van der Waals surface area contributed by atoms with E-state index < -0.39 is 6.85 Å². The third-order valence-corrected chi connectivity index (χ3v) is 4.95. The van der Waals surface area contributed by atoms with E-state index in [1.165, 1.54) is 0 Å². The Kier molecular flexibility index (Phi) is 2.50. The standard InChI is InChI=1S/C22H18N3O/c1-13-12-25(3)18(11-24-13)19-14(2)15-7-4-5-8-16(15)20-17-9-6-10-23-22(17)26-21(19)20/h4-12H,1-3H3/q+1/i1D3. The van der Waals surface area contributed by atoms with Crippen LogP contribution in [0.3, 0.4) is 0 Å². The number of benzene rings is 2. The maximum atomic E-state index is 7.63. The van der Waals surface area contributed by atoms with Crippen molar-refractivity contribution >= 4 is 32.8 Å². The second kappa shape index (κ2) is 5.36. The van der Waals surface area contributed by atoms with Crippen LogP contribution >= 0.6 is 0 Å². The molecule has 26 heavy (non-hydrogen) atoms. The van der Waals surface area contributed by atoms with Gasteiger partial charge in [0, 0.05) is 21.1 Å². The number of furan rings is 1. The molecule has 126 valence electrons. The summed E-state index contributed by atoms with van der Waals surface area (Å²) in [7, 11) is 1.83. The van der Waals surface area contributed by atoms with Gasteiger partial charge in [0.15, 0.2) is 11.8 Å². The zero-order chi connectivity index (χ0) is 20.3. The van der Waals surface area contributed by atoms with Gasteiger partial charge in [-0.25, -0.2) is 9.97 Å². The molecule has 0 aliphatic carbocycles. The van der Waals surface area contributed by atoms with Crippen LogP contribution in [0.4, 0.5) is 0 Å². The van der Waals surface area contributed by atoms with Crippen molar-refractivity contribution in [1.29, 1.82) is 0 Å². The fourth-order valence-electron chi connectivity index (χ4n) is 3.77. The summed E-state index contributed by atoms with van der Waals surface area (Å²) in [6.07, 6.45) is 4.88. The minimum absolute atomic E-state index is 0.0599. The second-order valence-corrected chi connectivity index (χ2v) is 6.48. The second-order valence-electron chi connectivity index (χ2n) is 6.48. The first kappa shape index (κ1) is 12.1. The highest BCUT2D eigenvalue weighted by Crippen LogP contribution is 2.41. The van der Waals surface area contributed by atoms with Crippen LogP contribution in [0.2, 0.25) is 0 Å². The van der Waals surface area contributed by atoms with Crippen molar-refractivity contribution in [2.75, 3.05) is 0 Å². The van der Waals surface area contributed by atoms with Gasteiger partial charge >= 0.3 is 0 Å². The van der Waals surface area contributed by atoms with E-state index in [0.29, 0.717) is 5.71 Å². The molecule has 0 aliphatic heterocycles. The van der Waals surface area contributed by atoms with Crippen molar-refractivity contribution in [2.45, 2.75) is 13.8 Å². The van der Waals surface area contributed by atoms with Gasteiger partial charge in [0.25, 0.3) is 0 Å². The zero-order valence-electron chi connectivity index (χ0n) is 17.4. The van der Waals surface area contributed by atoms with E-state index in [0.717, 1.165) is 43.9 Å². The number of hydrogen-bond acceptors (Lipinski definition) is 3. The highest BCUT2D eigenvalue weighted by Gasteiger charge is 2.24. The third kappa shape index (κ3) is 1.99. The van der Waals surface area contributed by atoms with E-state index in [4.69, 9.17) is 8.53 Å². The molecule has 0 atom stereocenters. The highest BCUT2D eigenvalue weighted by atomic mass is 16.3. The summed E-state index contributed by atoms with van der Waals surface area (Å²) in [6, 6.07) is 12.1. The minimum Gasteiger partial charge on any atom is -0.437 e. The van der Waals surface area contributed by atoms with Crippen molar-refractivity contribution in [3.05, 3.63) is 66.2 Å². The van der Waals surface area contributed by atoms with Crippen LogP contribution in [0.15, 0.2) is 59.4 Å². The lowest BCUT2D eigenvalue weighted by molar-refractivity contribution is -0.661. The lowest BCUT2D eigenvalue weighted by Gasteiger charge is -2.10. The molecular weight excluding hydrogens is 322 g/mol. The Morgan fingerprint density at radius 3 is 2.65 bits per heavy atom. The summed E-state index contributed by atoms with van der Waals surface area (Å²) in [5.41, 5.74) is 4.09. The molecule has 3 heterocycles. The van der Waals surface area contributed by atoms with Crippen molar-refractivity contribution in [2.24, 2.45) is 7.05 Å². The smallest absolute Gasteiger partial charge is 0.234 e. The highest BCUT2D eigenvalue weighted by molar-refractivity contribution is 6.22. The number of fused-ring (bicyclic) bond motifs is 5. The Hall–Kier alpha value is -3.27. The van der Waals surface area contributed by atoms with Crippen LogP contribution in [0.25, 0.3) is 44.1 Å².